The topological polar surface area (TPSA) is 58.6 Å². The van der Waals surface area contributed by atoms with Gasteiger partial charge < -0.3 is 15.0 Å². The average molecular weight is 202 g/mol. The molecule has 1 N–H and O–H groups in total. The van der Waals surface area contributed by atoms with E-state index in [4.69, 9.17) is 0 Å². The standard InChI is InChI=1S/C9H18N2O3/c1-11(2)8(12)7-10-6-4-5-9(13)14-3/h10H,4-7H2,1-3H3. The first kappa shape index (κ1) is 12.9. The molecule has 5 nitrogen and oxygen atoms in total. The van der Waals surface area contributed by atoms with E-state index in [9.17, 15) is 9.59 Å². The minimum absolute atomic E-state index is 0.0306. The van der Waals surface area contributed by atoms with Crippen LogP contribution in [0.5, 0.6) is 0 Å². The van der Waals surface area contributed by atoms with Crippen molar-refractivity contribution in [3.05, 3.63) is 0 Å². The van der Waals surface area contributed by atoms with Gasteiger partial charge in [0.05, 0.1) is 13.7 Å². The summed E-state index contributed by atoms with van der Waals surface area (Å²) >= 11 is 0. The Kier molecular flexibility index (Phi) is 6.74. The summed E-state index contributed by atoms with van der Waals surface area (Å²) in [6.45, 7) is 0.961. The lowest BCUT2D eigenvalue weighted by Crippen LogP contribution is -2.33. The SMILES string of the molecule is COC(=O)CCCNCC(=O)N(C)C. The Labute approximate surface area is 84.4 Å². The van der Waals surface area contributed by atoms with Crippen LogP contribution in [0.3, 0.4) is 0 Å². The van der Waals surface area contributed by atoms with Gasteiger partial charge in [-0.1, -0.05) is 0 Å². The molecule has 1 amide bonds. The van der Waals surface area contributed by atoms with Crippen LogP contribution in [0.4, 0.5) is 0 Å². The first-order chi connectivity index (χ1) is 6.57. The number of rotatable bonds is 6. The smallest absolute Gasteiger partial charge is 0.305 e. The van der Waals surface area contributed by atoms with Gasteiger partial charge in [0.15, 0.2) is 0 Å². The van der Waals surface area contributed by atoms with E-state index in [1.165, 1.54) is 12.0 Å². The summed E-state index contributed by atoms with van der Waals surface area (Å²) in [5.41, 5.74) is 0. The molecule has 0 heterocycles. The van der Waals surface area contributed by atoms with E-state index in [0.29, 0.717) is 25.9 Å². The lowest BCUT2D eigenvalue weighted by atomic mass is 10.3. The van der Waals surface area contributed by atoms with Crippen molar-refractivity contribution in [1.82, 2.24) is 10.2 Å². The number of likely N-dealkylation sites (N-methyl/N-ethyl adjacent to an activating group) is 1. The van der Waals surface area contributed by atoms with Gasteiger partial charge in [-0.2, -0.15) is 0 Å². The largest absolute Gasteiger partial charge is 0.469 e. The van der Waals surface area contributed by atoms with Crippen LogP contribution in [-0.2, 0) is 14.3 Å². The lowest BCUT2D eigenvalue weighted by molar-refractivity contribution is -0.140. The number of hydrogen-bond acceptors (Lipinski definition) is 4. The average Bonchev–Trinajstić information content (AvgIpc) is 2.16. The zero-order chi connectivity index (χ0) is 11.0. The van der Waals surface area contributed by atoms with Crippen LogP contribution in [-0.4, -0.2) is 51.1 Å². The summed E-state index contributed by atoms with van der Waals surface area (Å²) < 4.78 is 4.47. The molecule has 0 fully saturated rings. The molecule has 0 saturated carbocycles. The van der Waals surface area contributed by atoms with Crippen LogP contribution >= 0.6 is 0 Å². The van der Waals surface area contributed by atoms with Crippen molar-refractivity contribution in [2.24, 2.45) is 0 Å². The molecular formula is C9H18N2O3. The number of esters is 1. The zero-order valence-electron chi connectivity index (χ0n) is 9.00. The van der Waals surface area contributed by atoms with Gasteiger partial charge in [-0.05, 0) is 13.0 Å². The fourth-order valence-electron chi connectivity index (χ4n) is 0.813. The molecule has 0 unspecified atom stereocenters. The fraction of sp³-hybridized carbons (Fsp3) is 0.778. The second-order valence-electron chi connectivity index (χ2n) is 3.14. The van der Waals surface area contributed by atoms with Crippen LogP contribution < -0.4 is 5.32 Å². The molecule has 0 aromatic heterocycles. The summed E-state index contributed by atoms with van der Waals surface area (Å²) in [5.74, 6) is -0.186. The first-order valence-corrected chi connectivity index (χ1v) is 4.55. The highest BCUT2D eigenvalue weighted by Gasteiger charge is 2.03. The number of carbonyl (C=O) groups excluding carboxylic acids is 2. The molecular weight excluding hydrogens is 184 g/mol. The van der Waals surface area contributed by atoms with Crippen molar-refractivity contribution < 1.29 is 14.3 Å². The lowest BCUT2D eigenvalue weighted by Gasteiger charge is -2.10. The molecule has 82 valence electrons. The van der Waals surface area contributed by atoms with Gasteiger partial charge in [-0.25, -0.2) is 0 Å². The number of amides is 1. The minimum atomic E-state index is -0.217. The number of nitrogens with zero attached hydrogens (tertiary/aromatic N) is 1. The van der Waals surface area contributed by atoms with Crippen LogP contribution in [0.1, 0.15) is 12.8 Å². The number of hydrogen-bond donors (Lipinski definition) is 1. The van der Waals surface area contributed by atoms with E-state index >= 15 is 0 Å². The predicted octanol–water partition coefficient (Wildman–Crippen LogP) is -0.383. The van der Waals surface area contributed by atoms with Gasteiger partial charge in [0.1, 0.15) is 0 Å². The zero-order valence-corrected chi connectivity index (χ0v) is 9.00. The van der Waals surface area contributed by atoms with E-state index in [-0.39, 0.29) is 11.9 Å². The first-order valence-electron chi connectivity index (χ1n) is 4.55. The van der Waals surface area contributed by atoms with Crippen molar-refractivity contribution in [1.29, 1.82) is 0 Å². The summed E-state index contributed by atoms with van der Waals surface area (Å²) in [6.07, 6.45) is 1.08. The quantitative estimate of drug-likeness (QED) is 0.471. The van der Waals surface area contributed by atoms with Crippen molar-refractivity contribution in [2.75, 3.05) is 34.3 Å². The molecule has 0 aromatic carbocycles. The maximum Gasteiger partial charge on any atom is 0.305 e. The second-order valence-corrected chi connectivity index (χ2v) is 3.14. The Morgan fingerprint density at radius 2 is 2.00 bits per heavy atom. The van der Waals surface area contributed by atoms with Gasteiger partial charge in [0.2, 0.25) is 5.91 Å². The Hall–Kier alpha value is -1.10. The van der Waals surface area contributed by atoms with Gasteiger partial charge in [-0.15, -0.1) is 0 Å². The maximum atomic E-state index is 11.1. The second kappa shape index (κ2) is 7.32. The van der Waals surface area contributed by atoms with Crippen LogP contribution in [0.25, 0.3) is 0 Å². The molecule has 0 saturated heterocycles. The normalized spacial score (nSPS) is 9.64. The Morgan fingerprint density at radius 3 is 2.50 bits per heavy atom. The molecule has 0 radical (unpaired) electrons. The van der Waals surface area contributed by atoms with E-state index in [2.05, 4.69) is 10.1 Å². The van der Waals surface area contributed by atoms with Crippen LogP contribution in [0.15, 0.2) is 0 Å². The molecule has 0 rings (SSSR count). The molecule has 0 aromatic rings. The number of carbonyl (C=O) groups is 2. The highest BCUT2D eigenvalue weighted by atomic mass is 16.5. The third kappa shape index (κ3) is 6.42. The highest BCUT2D eigenvalue weighted by Crippen LogP contribution is 1.89. The fourth-order valence-corrected chi connectivity index (χ4v) is 0.813. The Bertz CT molecular complexity index is 192. The third-order valence-electron chi connectivity index (χ3n) is 1.74. The van der Waals surface area contributed by atoms with Gasteiger partial charge in [0, 0.05) is 20.5 Å². The number of methoxy groups -OCH3 is 1. The van der Waals surface area contributed by atoms with Crippen LogP contribution in [0.2, 0.25) is 0 Å². The summed E-state index contributed by atoms with van der Waals surface area (Å²) in [7, 11) is 4.78. The Morgan fingerprint density at radius 1 is 1.36 bits per heavy atom. The van der Waals surface area contributed by atoms with Crippen molar-refractivity contribution in [3.8, 4) is 0 Å². The van der Waals surface area contributed by atoms with E-state index in [1.807, 2.05) is 0 Å². The number of nitrogens with one attached hydrogen (secondary N) is 1. The number of ether oxygens (including phenoxy) is 1. The molecule has 0 aliphatic heterocycles. The van der Waals surface area contributed by atoms with E-state index in [1.54, 1.807) is 14.1 Å². The summed E-state index contributed by atoms with van der Waals surface area (Å²) in [5, 5.41) is 2.95. The predicted molar refractivity (Wildman–Crippen MR) is 52.8 cm³/mol. The Balaban J connectivity index is 3.30. The molecule has 0 aliphatic carbocycles. The molecule has 0 atom stereocenters. The van der Waals surface area contributed by atoms with Gasteiger partial charge in [-0.3, -0.25) is 9.59 Å². The molecule has 5 heteroatoms. The van der Waals surface area contributed by atoms with Crippen LogP contribution in [0, 0.1) is 0 Å². The van der Waals surface area contributed by atoms with Gasteiger partial charge in [0.25, 0.3) is 0 Å². The molecule has 0 spiro atoms. The molecule has 0 aliphatic rings. The highest BCUT2D eigenvalue weighted by molar-refractivity contribution is 5.77. The molecule has 0 bridgehead atoms. The van der Waals surface area contributed by atoms with Crippen molar-refractivity contribution in [3.63, 3.8) is 0 Å². The summed E-state index contributed by atoms with van der Waals surface area (Å²) in [6, 6.07) is 0. The molecule has 14 heavy (non-hydrogen) atoms. The van der Waals surface area contributed by atoms with Crippen molar-refractivity contribution >= 4 is 11.9 Å². The van der Waals surface area contributed by atoms with E-state index in [0.717, 1.165) is 0 Å². The monoisotopic (exact) mass is 202 g/mol. The van der Waals surface area contributed by atoms with Gasteiger partial charge >= 0.3 is 5.97 Å². The van der Waals surface area contributed by atoms with Crippen molar-refractivity contribution in [2.45, 2.75) is 12.8 Å². The third-order valence-corrected chi connectivity index (χ3v) is 1.74. The van der Waals surface area contributed by atoms with E-state index < -0.39 is 0 Å². The maximum absolute atomic E-state index is 11.1. The summed E-state index contributed by atoms with van der Waals surface area (Å²) in [4.78, 5) is 23.3. The minimum Gasteiger partial charge on any atom is -0.469 e.